The molecule has 1 rings (SSSR count). The minimum Gasteiger partial charge on any atom is -0.482 e. The lowest BCUT2D eigenvalue weighted by Gasteiger charge is -2.11. The maximum atomic E-state index is 11.4. The highest BCUT2D eigenvalue weighted by Crippen LogP contribution is 2.24. The van der Waals surface area contributed by atoms with Gasteiger partial charge in [0.2, 0.25) is 0 Å². The summed E-state index contributed by atoms with van der Waals surface area (Å²) in [6, 6.07) is 3.68. The molecule has 0 spiro atoms. The Kier molecular flexibility index (Phi) is 5.49. The van der Waals surface area contributed by atoms with Gasteiger partial charge in [-0.15, -0.1) is 0 Å². The van der Waals surface area contributed by atoms with Gasteiger partial charge in [-0.3, -0.25) is 0 Å². The zero-order valence-electron chi connectivity index (χ0n) is 11.3. The third kappa shape index (κ3) is 4.28. The van der Waals surface area contributed by atoms with Gasteiger partial charge >= 0.3 is 5.97 Å². The summed E-state index contributed by atoms with van der Waals surface area (Å²) in [4.78, 5) is 11.4. The molecule has 0 heterocycles. The van der Waals surface area contributed by atoms with E-state index in [2.05, 4.69) is 0 Å². The fraction of sp³-hybridized carbons (Fsp3) is 0.500. The lowest BCUT2D eigenvalue weighted by molar-refractivity contribution is -0.146. The van der Waals surface area contributed by atoms with Crippen LogP contribution in [0, 0.1) is 13.8 Å². The van der Waals surface area contributed by atoms with Gasteiger partial charge in [-0.1, -0.05) is 13.3 Å². The molecule has 4 heteroatoms. The lowest BCUT2D eigenvalue weighted by Crippen LogP contribution is -2.16. The van der Waals surface area contributed by atoms with Crippen molar-refractivity contribution in [1.82, 2.24) is 0 Å². The van der Waals surface area contributed by atoms with Crippen LogP contribution in [0.25, 0.3) is 0 Å². The number of carbonyl (C=O) groups is 1. The molecular weight excluding hydrogens is 230 g/mol. The zero-order chi connectivity index (χ0) is 13.5. The number of unbranched alkanes of at least 4 members (excludes halogenated alkanes) is 1. The number of hydrogen-bond acceptors (Lipinski definition) is 4. The van der Waals surface area contributed by atoms with E-state index in [1.54, 1.807) is 0 Å². The summed E-state index contributed by atoms with van der Waals surface area (Å²) in [5, 5.41) is 0. The van der Waals surface area contributed by atoms with Crippen LogP contribution in [0.4, 0.5) is 5.69 Å². The van der Waals surface area contributed by atoms with Crippen molar-refractivity contribution >= 4 is 11.7 Å². The number of hydrogen-bond donors (Lipinski definition) is 1. The van der Waals surface area contributed by atoms with Crippen molar-refractivity contribution in [2.75, 3.05) is 18.9 Å². The van der Waals surface area contributed by atoms with Crippen LogP contribution >= 0.6 is 0 Å². The standard InChI is InChI=1S/C14H21NO3/c1-4-5-6-17-14(16)9-18-13-8-10(2)12(15)7-11(13)3/h7-8H,4-6,9,15H2,1-3H3. The Morgan fingerprint density at radius 1 is 1.28 bits per heavy atom. The number of benzene rings is 1. The number of aryl methyl sites for hydroxylation is 2. The van der Waals surface area contributed by atoms with Crippen molar-refractivity contribution < 1.29 is 14.3 Å². The van der Waals surface area contributed by atoms with Gasteiger partial charge in [0.05, 0.1) is 6.61 Å². The summed E-state index contributed by atoms with van der Waals surface area (Å²) in [6.07, 6.45) is 1.89. The van der Waals surface area contributed by atoms with Crippen LogP contribution in [0.5, 0.6) is 5.75 Å². The van der Waals surface area contributed by atoms with Crippen LogP contribution in [0.1, 0.15) is 30.9 Å². The first kappa shape index (κ1) is 14.4. The second-order valence-electron chi connectivity index (χ2n) is 4.34. The van der Waals surface area contributed by atoms with E-state index in [9.17, 15) is 4.79 Å². The van der Waals surface area contributed by atoms with E-state index in [0.29, 0.717) is 12.4 Å². The first-order valence-corrected chi connectivity index (χ1v) is 6.19. The molecule has 0 atom stereocenters. The van der Waals surface area contributed by atoms with Crippen molar-refractivity contribution in [2.24, 2.45) is 0 Å². The van der Waals surface area contributed by atoms with Crippen molar-refractivity contribution in [2.45, 2.75) is 33.6 Å². The zero-order valence-corrected chi connectivity index (χ0v) is 11.3. The first-order chi connectivity index (χ1) is 8.54. The van der Waals surface area contributed by atoms with Gasteiger partial charge in [-0.2, -0.15) is 0 Å². The second-order valence-corrected chi connectivity index (χ2v) is 4.34. The molecule has 0 unspecified atom stereocenters. The average Bonchev–Trinajstić information content (AvgIpc) is 2.32. The van der Waals surface area contributed by atoms with E-state index >= 15 is 0 Å². The van der Waals surface area contributed by atoms with Gasteiger partial charge in [-0.25, -0.2) is 4.79 Å². The summed E-state index contributed by atoms with van der Waals surface area (Å²) in [7, 11) is 0. The number of ether oxygens (including phenoxy) is 2. The fourth-order valence-electron chi connectivity index (χ4n) is 1.48. The predicted octanol–water partition coefficient (Wildman–Crippen LogP) is 2.61. The quantitative estimate of drug-likeness (QED) is 0.479. The maximum absolute atomic E-state index is 11.4. The molecule has 0 aliphatic carbocycles. The number of carbonyl (C=O) groups excluding carboxylic acids is 1. The number of rotatable bonds is 6. The maximum Gasteiger partial charge on any atom is 0.344 e. The van der Waals surface area contributed by atoms with Crippen molar-refractivity contribution in [3.63, 3.8) is 0 Å². The summed E-state index contributed by atoms with van der Waals surface area (Å²) < 4.78 is 10.4. The molecule has 0 saturated carbocycles. The van der Waals surface area contributed by atoms with Crippen molar-refractivity contribution in [1.29, 1.82) is 0 Å². The minimum atomic E-state index is -0.336. The van der Waals surface area contributed by atoms with Crippen molar-refractivity contribution in [3.8, 4) is 5.75 Å². The Morgan fingerprint density at radius 2 is 2.00 bits per heavy atom. The number of nitrogen functional groups attached to an aromatic ring is 1. The predicted molar refractivity (Wildman–Crippen MR) is 71.7 cm³/mol. The molecule has 4 nitrogen and oxygen atoms in total. The summed E-state index contributed by atoms with van der Waals surface area (Å²) >= 11 is 0. The van der Waals surface area contributed by atoms with E-state index in [1.165, 1.54) is 0 Å². The largest absolute Gasteiger partial charge is 0.482 e. The lowest BCUT2D eigenvalue weighted by atomic mass is 10.1. The number of nitrogens with two attached hydrogens (primary N) is 1. The molecule has 100 valence electrons. The van der Waals surface area contributed by atoms with E-state index in [4.69, 9.17) is 15.2 Å². The van der Waals surface area contributed by atoms with Gasteiger partial charge in [-0.05, 0) is 43.5 Å². The molecule has 0 bridgehead atoms. The highest BCUT2D eigenvalue weighted by molar-refractivity contribution is 5.71. The molecule has 0 amide bonds. The van der Waals surface area contributed by atoms with Crippen molar-refractivity contribution in [3.05, 3.63) is 23.3 Å². The Morgan fingerprint density at radius 3 is 2.67 bits per heavy atom. The second kappa shape index (κ2) is 6.89. The Labute approximate surface area is 108 Å². The van der Waals surface area contributed by atoms with Crippen LogP contribution in [0.3, 0.4) is 0 Å². The Bertz CT molecular complexity index is 416. The van der Waals surface area contributed by atoms with Gasteiger partial charge in [0.1, 0.15) is 5.75 Å². The topological polar surface area (TPSA) is 61.5 Å². The summed E-state index contributed by atoms with van der Waals surface area (Å²) in [5.41, 5.74) is 8.36. The Hall–Kier alpha value is -1.71. The van der Waals surface area contributed by atoms with Gasteiger partial charge in [0.15, 0.2) is 6.61 Å². The van der Waals surface area contributed by atoms with Crippen LogP contribution in [-0.2, 0) is 9.53 Å². The van der Waals surface area contributed by atoms with E-state index in [1.807, 2.05) is 32.9 Å². The van der Waals surface area contributed by atoms with E-state index in [0.717, 1.165) is 29.7 Å². The summed E-state index contributed by atoms with van der Waals surface area (Å²) in [6.45, 7) is 6.24. The van der Waals surface area contributed by atoms with Gasteiger partial charge in [0.25, 0.3) is 0 Å². The molecule has 1 aromatic rings. The van der Waals surface area contributed by atoms with Crippen LogP contribution < -0.4 is 10.5 Å². The fourth-order valence-corrected chi connectivity index (χ4v) is 1.48. The normalized spacial score (nSPS) is 10.2. The van der Waals surface area contributed by atoms with Crippen LogP contribution in [-0.4, -0.2) is 19.2 Å². The monoisotopic (exact) mass is 251 g/mol. The highest BCUT2D eigenvalue weighted by Gasteiger charge is 2.07. The van der Waals surface area contributed by atoms with E-state index in [-0.39, 0.29) is 12.6 Å². The summed E-state index contributed by atoms with van der Waals surface area (Å²) in [5.74, 6) is 0.339. The molecule has 0 aromatic heterocycles. The smallest absolute Gasteiger partial charge is 0.344 e. The molecule has 2 N–H and O–H groups in total. The van der Waals surface area contributed by atoms with Crippen LogP contribution in [0.15, 0.2) is 12.1 Å². The van der Waals surface area contributed by atoms with Gasteiger partial charge < -0.3 is 15.2 Å². The Balaban J connectivity index is 2.48. The number of anilines is 1. The van der Waals surface area contributed by atoms with Crippen LogP contribution in [0.2, 0.25) is 0 Å². The molecule has 1 aromatic carbocycles. The molecule has 18 heavy (non-hydrogen) atoms. The third-order valence-corrected chi connectivity index (χ3v) is 2.67. The molecule has 0 radical (unpaired) electrons. The molecule has 0 aliphatic rings. The average molecular weight is 251 g/mol. The molecule has 0 fully saturated rings. The highest BCUT2D eigenvalue weighted by atomic mass is 16.6. The SMILES string of the molecule is CCCCOC(=O)COc1cc(C)c(N)cc1C. The molecule has 0 saturated heterocycles. The first-order valence-electron chi connectivity index (χ1n) is 6.19. The third-order valence-electron chi connectivity index (χ3n) is 2.67. The van der Waals surface area contributed by atoms with E-state index < -0.39 is 0 Å². The number of esters is 1. The molecule has 0 aliphatic heterocycles. The van der Waals surface area contributed by atoms with Gasteiger partial charge in [0, 0.05) is 5.69 Å². The molecular formula is C14H21NO3. The minimum absolute atomic E-state index is 0.0616.